The van der Waals surface area contributed by atoms with E-state index in [0.717, 1.165) is 24.0 Å². The van der Waals surface area contributed by atoms with Gasteiger partial charge in [-0.2, -0.15) is 0 Å². The maximum atomic E-state index is 12.3. The van der Waals surface area contributed by atoms with E-state index in [1.807, 2.05) is 11.0 Å². The summed E-state index contributed by atoms with van der Waals surface area (Å²) in [5.74, 6) is 0.0422. The Morgan fingerprint density at radius 3 is 2.71 bits per heavy atom. The van der Waals surface area contributed by atoms with Crippen LogP contribution < -0.4 is 5.73 Å². The summed E-state index contributed by atoms with van der Waals surface area (Å²) < 4.78 is 0.897. The van der Waals surface area contributed by atoms with Gasteiger partial charge in [0.15, 0.2) is 0 Å². The van der Waals surface area contributed by atoms with E-state index in [9.17, 15) is 4.79 Å². The summed E-state index contributed by atoms with van der Waals surface area (Å²) in [4.78, 5) is 14.2. The van der Waals surface area contributed by atoms with E-state index in [1.54, 1.807) is 12.1 Å². The van der Waals surface area contributed by atoms with Crippen LogP contribution in [-0.4, -0.2) is 23.9 Å². The standard InChI is InChI=1S/C13H17BrN2O/c1-13(2)5-6-16(8-13)12(17)10-4-3-9(14)7-11(10)15/h3-4,7H,5-6,8,15H2,1-2H3. The number of rotatable bonds is 1. The van der Waals surface area contributed by atoms with Crippen molar-refractivity contribution in [2.75, 3.05) is 18.8 Å². The monoisotopic (exact) mass is 296 g/mol. The number of hydrogen-bond donors (Lipinski definition) is 1. The van der Waals surface area contributed by atoms with Crippen LogP contribution in [0.3, 0.4) is 0 Å². The molecule has 0 aromatic heterocycles. The van der Waals surface area contributed by atoms with Crippen LogP contribution in [0.4, 0.5) is 5.69 Å². The molecule has 2 N–H and O–H groups in total. The lowest BCUT2D eigenvalue weighted by atomic mass is 9.93. The van der Waals surface area contributed by atoms with E-state index in [4.69, 9.17) is 5.73 Å². The highest BCUT2D eigenvalue weighted by atomic mass is 79.9. The molecule has 1 aliphatic heterocycles. The first kappa shape index (κ1) is 12.4. The predicted molar refractivity (Wildman–Crippen MR) is 72.9 cm³/mol. The quantitative estimate of drug-likeness (QED) is 0.810. The minimum Gasteiger partial charge on any atom is -0.398 e. The minimum absolute atomic E-state index is 0.0422. The van der Waals surface area contributed by atoms with Gasteiger partial charge in [0.1, 0.15) is 0 Å². The van der Waals surface area contributed by atoms with E-state index in [-0.39, 0.29) is 11.3 Å². The van der Waals surface area contributed by atoms with E-state index in [2.05, 4.69) is 29.8 Å². The van der Waals surface area contributed by atoms with Crippen LogP contribution in [0.25, 0.3) is 0 Å². The summed E-state index contributed by atoms with van der Waals surface area (Å²) in [6.07, 6.45) is 1.05. The second-order valence-electron chi connectivity index (χ2n) is 5.37. The molecule has 1 aromatic rings. The van der Waals surface area contributed by atoms with E-state index in [0.29, 0.717) is 11.3 Å². The van der Waals surface area contributed by atoms with Crippen molar-refractivity contribution < 1.29 is 4.79 Å². The van der Waals surface area contributed by atoms with Crippen LogP contribution in [0.1, 0.15) is 30.6 Å². The normalized spacial score (nSPS) is 18.4. The third-order valence-corrected chi connectivity index (χ3v) is 3.70. The number of anilines is 1. The molecule has 4 heteroatoms. The smallest absolute Gasteiger partial charge is 0.255 e. The Kier molecular flexibility index (Phi) is 3.17. The van der Waals surface area contributed by atoms with Crippen molar-refractivity contribution in [1.29, 1.82) is 0 Å². The van der Waals surface area contributed by atoms with Crippen molar-refractivity contribution in [3.8, 4) is 0 Å². The summed E-state index contributed by atoms with van der Waals surface area (Å²) in [7, 11) is 0. The van der Waals surface area contributed by atoms with Crippen LogP contribution in [0.15, 0.2) is 22.7 Å². The van der Waals surface area contributed by atoms with Gasteiger partial charge in [-0.3, -0.25) is 4.79 Å². The predicted octanol–water partition coefficient (Wildman–Crippen LogP) is 2.90. The van der Waals surface area contributed by atoms with Gasteiger partial charge >= 0.3 is 0 Å². The fourth-order valence-corrected chi connectivity index (χ4v) is 2.56. The molecule has 1 fully saturated rings. The third-order valence-electron chi connectivity index (χ3n) is 3.21. The summed E-state index contributed by atoms with van der Waals surface area (Å²) in [5, 5.41) is 0. The Hall–Kier alpha value is -1.03. The molecule has 1 heterocycles. The summed E-state index contributed by atoms with van der Waals surface area (Å²) in [6.45, 7) is 6.00. The first-order chi connectivity index (χ1) is 7.89. The van der Waals surface area contributed by atoms with E-state index < -0.39 is 0 Å². The van der Waals surface area contributed by atoms with Gasteiger partial charge in [-0.05, 0) is 30.0 Å². The number of carbonyl (C=O) groups excluding carboxylic acids is 1. The lowest BCUT2D eigenvalue weighted by Crippen LogP contribution is -2.30. The molecule has 0 bridgehead atoms. The Morgan fingerprint density at radius 1 is 1.47 bits per heavy atom. The Balaban J connectivity index is 2.21. The molecule has 0 unspecified atom stereocenters. The number of nitrogens with zero attached hydrogens (tertiary/aromatic N) is 1. The molecule has 0 radical (unpaired) electrons. The second kappa shape index (κ2) is 4.33. The van der Waals surface area contributed by atoms with Crippen molar-refractivity contribution >= 4 is 27.5 Å². The van der Waals surface area contributed by atoms with Crippen LogP contribution in [0.5, 0.6) is 0 Å². The molecular weight excluding hydrogens is 280 g/mol. The third kappa shape index (κ3) is 2.63. The van der Waals surface area contributed by atoms with Crippen molar-refractivity contribution in [3.05, 3.63) is 28.2 Å². The number of carbonyl (C=O) groups is 1. The SMILES string of the molecule is CC1(C)CCN(C(=O)c2ccc(Br)cc2N)C1. The number of likely N-dealkylation sites (tertiary alicyclic amines) is 1. The largest absolute Gasteiger partial charge is 0.398 e. The molecule has 1 aromatic carbocycles. The molecule has 2 rings (SSSR count). The molecule has 0 aliphatic carbocycles. The highest BCUT2D eigenvalue weighted by molar-refractivity contribution is 9.10. The lowest BCUT2D eigenvalue weighted by Gasteiger charge is -2.20. The van der Waals surface area contributed by atoms with Gasteiger partial charge in [0.25, 0.3) is 5.91 Å². The first-order valence-corrected chi connectivity index (χ1v) is 6.53. The molecular formula is C13H17BrN2O. The molecule has 1 saturated heterocycles. The number of benzene rings is 1. The number of hydrogen-bond acceptors (Lipinski definition) is 2. The zero-order chi connectivity index (χ0) is 12.6. The molecule has 3 nitrogen and oxygen atoms in total. The lowest BCUT2D eigenvalue weighted by molar-refractivity contribution is 0.0779. The average molecular weight is 297 g/mol. The van der Waals surface area contributed by atoms with Crippen molar-refractivity contribution in [2.45, 2.75) is 20.3 Å². The number of nitrogens with two attached hydrogens (primary N) is 1. The highest BCUT2D eigenvalue weighted by Crippen LogP contribution is 2.30. The van der Waals surface area contributed by atoms with Crippen molar-refractivity contribution in [2.24, 2.45) is 5.41 Å². The van der Waals surface area contributed by atoms with Crippen molar-refractivity contribution in [1.82, 2.24) is 4.90 Å². The minimum atomic E-state index is 0.0422. The second-order valence-corrected chi connectivity index (χ2v) is 6.29. The summed E-state index contributed by atoms with van der Waals surface area (Å²) in [5.41, 5.74) is 7.24. The van der Waals surface area contributed by atoms with Crippen LogP contribution in [0, 0.1) is 5.41 Å². The Labute approximate surface area is 110 Å². The molecule has 0 saturated carbocycles. The highest BCUT2D eigenvalue weighted by Gasteiger charge is 2.32. The molecule has 0 spiro atoms. The van der Waals surface area contributed by atoms with Crippen LogP contribution in [0.2, 0.25) is 0 Å². The summed E-state index contributed by atoms with van der Waals surface area (Å²) >= 11 is 3.34. The van der Waals surface area contributed by atoms with Crippen molar-refractivity contribution in [3.63, 3.8) is 0 Å². The van der Waals surface area contributed by atoms with Crippen LogP contribution in [-0.2, 0) is 0 Å². The fourth-order valence-electron chi connectivity index (χ4n) is 2.18. The zero-order valence-electron chi connectivity index (χ0n) is 10.2. The topological polar surface area (TPSA) is 46.3 Å². The number of amides is 1. The van der Waals surface area contributed by atoms with E-state index in [1.165, 1.54) is 0 Å². The average Bonchev–Trinajstić information content (AvgIpc) is 2.58. The van der Waals surface area contributed by atoms with Gasteiger partial charge in [0, 0.05) is 23.2 Å². The Bertz CT molecular complexity index is 457. The van der Waals surface area contributed by atoms with Crippen LogP contribution >= 0.6 is 15.9 Å². The number of nitrogen functional groups attached to an aromatic ring is 1. The van der Waals surface area contributed by atoms with Gasteiger partial charge in [-0.15, -0.1) is 0 Å². The fraction of sp³-hybridized carbons (Fsp3) is 0.462. The summed E-state index contributed by atoms with van der Waals surface area (Å²) in [6, 6.07) is 5.41. The number of halogens is 1. The molecule has 1 amide bonds. The maximum absolute atomic E-state index is 12.3. The molecule has 17 heavy (non-hydrogen) atoms. The maximum Gasteiger partial charge on any atom is 0.255 e. The first-order valence-electron chi connectivity index (χ1n) is 5.73. The molecule has 1 aliphatic rings. The van der Waals surface area contributed by atoms with E-state index >= 15 is 0 Å². The van der Waals surface area contributed by atoms with Gasteiger partial charge in [-0.1, -0.05) is 29.8 Å². The molecule has 0 atom stereocenters. The van der Waals surface area contributed by atoms with Gasteiger partial charge in [0.05, 0.1) is 5.56 Å². The van der Waals surface area contributed by atoms with Gasteiger partial charge in [0.2, 0.25) is 0 Å². The Morgan fingerprint density at radius 2 is 2.18 bits per heavy atom. The van der Waals surface area contributed by atoms with Gasteiger partial charge in [-0.25, -0.2) is 0 Å². The van der Waals surface area contributed by atoms with Gasteiger partial charge < -0.3 is 10.6 Å². The zero-order valence-corrected chi connectivity index (χ0v) is 11.8. The molecule has 92 valence electrons.